The molecule has 4 nitrogen and oxygen atoms in total. The fourth-order valence-electron chi connectivity index (χ4n) is 0.988. The third-order valence-electron chi connectivity index (χ3n) is 1.59. The van der Waals surface area contributed by atoms with Crippen molar-refractivity contribution in [2.75, 3.05) is 0 Å². The standard InChI is InChI=1S/C6H8Cl2N2O2/c1-3(2)9-4(7)5(11)10(8)6(9)12/h3-4H,1-2H3. The van der Waals surface area contributed by atoms with E-state index in [1.807, 2.05) is 0 Å². The van der Waals surface area contributed by atoms with Gasteiger partial charge in [0.2, 0.25) is 0 Å². The molecule has 0 aromatic carbocycles. The topological polar surface area (TPSA) is 40.6 Å². The van der Waals surface area contributed by atoms with E-state index < -0.39 is 17.4 Å². The van der Waals surface area contributed by atoms with E-state index in [9.17, 15) is 9.59 Å². The predicted octanol–water partition coefficient (Wildman–Crippen LogP) is 1.38. The van der Waals surface area contributed by atoms with Crippen LogP contribution in [0.15, 0.2) is 0 Å². The molecule has 3 amide bonds. The molecule has 1 fully saturated rings. The maximum absolute atomic E-state index is 11.2. The zero-order valence-electron chi connectivity index (χ0n) is 6.62. The van der Waals surface area contributed by atoms with Crippen LogP contribution in [-0.2, 0) is 4.79 Å². The highest BCUT2D eigenvalue weighted by molar-refractivity contribution is 6.42. The van der Waals surface area contributed by atoms with Gasteiger partial charge in [-0.1, -0.05) is 11.6 Å². The van der Waals surface area contributed by atoms with Crippen LogP contribution in [0.25, 0.3) is 0 Å². The fraction of sp³-hybridized carbons (Fsp3) is 0.667. The molecule has 68 valence electrons. The summed E-state index contributed by atoms with van der Waals surface area (Å²) < 4.78 is 0.512. The molecule has 1 atom stereocenters. The Bertz CT molecular complexity index is 232. The Hall–Kier alpha value is -0.480. The number of amides is 3. The highest BCUT2D eigenvalue weighted by Gasteiger charge is 2.44. The van der Waals surface area contributed by atoms with Crippen molar-refractivity contribution in [3.63, 3.8) is 0 Å². The third-order valence-corrected chi connectivity index (χ3v) is 2.29. The van der Waals surface area contributed by atoms with Crippen molar-refractivity contribution in [3.8, 4) is 0 Å². The number of halogens is 2. The highest BCUT2D eigenvalue weighted by atomic mass is 35.5. The van der Waals surface area contributed by atoms with E-state index in [1.165, 1.54) is 4.90 Å². The number of carbonyl (C=O) groups is 2. The van der Waals surface area contributed by atoms with Crippen LogP contribution in [0.1, 0.15) is 13.8 Å². The lowest BCUT2D eigenvalue weighted by Gasteiger charge is -2.20. The molecular weight excluding hydrogens is 203 g/mol. The van der Waals surface area contributed by atoms with Gasteiger partial charge in [-0.05, 0) is 13.8 Å². The Kier molecular flexibility index (Phi) is 2.49. The van der Waals surface area contributed by atoms with Crippen molar-refractivity contribution in [1.29, 1.82) is 0 Å². The first-order valence-electron chi connectivity index (χ1n) is 3.43. The lowest BCUT2D eigenvalue weighted by molar-refractivity contribution is -0.123. The Morgan fingerprint density at radius 1 is 1.42 bits per heavy atom. The van der Waals surface area contributed by atoms with Gasteiger partial charge in [0.05, 0.1) is 0 Å². The first-order chi connectivity index (χ1) is 5.46. The first kappa shape index (κ1) is 9.61. The molecule has 0 bridgehead atoms. The number of alkyl halides is 1. The lowest BCUT2D eigenvalue weighted by atomic mass is 10.3. The van der Waals surface area contributed by atoms with Crippen LogP contribution in [0.2, 0.25) is 0 Å². The summed E-state index contributed by atoms with van der Waals surface area (Å²) in [4.78, 5) is 23.4. The second-order valence-corrected chi connectivity index (χ2v) is 3.49. The second-order valence-electron chi connectivity index (χ2n) is 2.74. The summed E-state index contributed by atoms with van der Waals surface area (Å²) in [5.74, 6) is -0.586. The summed E-state index contributed by atoms with van der Waals surface area (Å²) in [5, 5.41) is 0. The molecule has 0 aliphatic carbocycles. The molecule has 1 unspecified atom stereocenters. The number of carbonyl (C=O) groups excluding carboxylic acids is 2. The van der Waals surface area contributed by atoms with Crippen LogP contribution in [0.5, 0.6) is 0 Å². The van der Waals surface area contributed by atoms with Crippen LogP contribution in [-0.4, -0.2) is 32.8 Å². The molecule has 0 N–H and O–H groups in total. The van der Waals surface area contributed by atoms with Crippen molar-refractivity contribution in [1.82, 2.24) is 9.32 Å². The van der Waals surface area contributed by atoms with Gasteiger partial charge in [0.15, 0.2) is 5.50 Å². The van der Waals surface area contributed by atoms with Crippen LogP contribution in [0.3, 0.4) is 0 Å². The van der Waals surface area contributed by atoms with Gasteiger partial charge >= 0.3 is 6.03 Å². The minimum Gasteiger partial charge on any atom is -0.296 e. The number of nitrogens with zero attached hydrogens (tertiary/aromatic N) is 2. The third kappa shape index (κ3) is 1.25. The normalized spacial score (nSPS) is 24.6. The molecule has 1 aliphatic rings. The molecular formula is C6H8Cl2N2O2. The van der Waals surface area contributed by atoms with Gasteiger partial charge in [-0.3, -0.25) is 9.69 Å². The largest absolute Gasteiger partial charge is 0.343 e. The highest BCUT2D eigenvalue weighted by Crippen LogP contribution is 2.24. The quantitative estimate of drug-likeness (QED) is 0.284. The molecule has 0 saturated carbocycles. The minimum atomic E-state index is -0.963. The van der Waals surface area contributed by atoms with Gasteiger partial charge in [0.1, 0.15) is 0 Å². The summed E-state index contributed by atoms with van der Waals surface area (Å²) in [7, 11) is 0. The number of urea groups is 1. The van der Waals surface area contributed by atoms with Crippen molar-refractivity contribution >= 4 is 35.3 Å². The van der Waals surface area contributed by atoms with E-state index in [0.717, 1.165) is 0 Å². The molecule has 1 aliphatic heterocycles. The van der Waals surface area contributed by atoms with E-state index in [-0.39, 0.29) is 6.04 Å². The monoisotopic (exact) mass is 210 g/mol. The number of hydrogen-bond acceptors (Lipinski definition) is 2. The predicted molar refractivity (Wildman–Crippen MR) is 44.7 cm³/mol. The summed E-state index contributed by atoms with van der Waals surface area (Å²) >= 11 is 11.0. The Labute approximate surface area is 80.1 Å². The summed E-state index contributed by atoms with van der Waals surface area (Å²) in [6, 6.07) is -0.690. The van der Waals surface area contributed by atoms with E-state index in [4.69, 9.17) is 23.4 Å². The molecule has 1 saturated heterocycles. The number of hydrogen-bond donors (Lipinski definition) is 0. The molecule has 0 spiro atoms. The molecule has 6 heteroatoms. The van der Waals surface area contributed by atoms with E-state index in [0.29, 0.717) is 4.42 Å². The lowest BCUT2D eigenvalue weighted by Crippen LogP contribution is -2.37. The molecule has 12 heavy (non-hydrogen) atoms. The molecule has 0 aromatic heterocycles. The fourth-order valence-corrected chi connectivity index (χ4v) is 1.62. The average Bonchev–Trinajstić information content (AvgIpc) is 2.16. The average molecular weight is 211 g/mol. The van der Waals surface area contributed by atoms with Gasteiger partial charge in [0, 0.05) is 17.8 Å². The zero-order valence-corrected chi connectivity index (χ0v) is 8.13. The minimum absolute atomic E-state index is 0.132. The smallest absolute Gasteiger partial charge is 0.296 e. The Morgan fingerprint density at radius 2 is 1.92 bits per heavy atom. The van der Waals surface area contributed by atoms with Crippen LogP contribution in [0, 0.1) is 0 Å². The summed E-state index contributed by atoms with van der Waals surface area (Å²) in [5.41, 5.74) is -0.963. The maximum Gasteiger partial charge on any atom is 0.343 e. The van der Waals surface area contributed by atoms with Crippen molar-refractivity contribution in [3.05, 3.63) is 0 Å². The second kappa shape index (κ2) is 3.11. The van der Waals surface area contributed by atoms with Gasteiger partial charge < -0.3 is 0 Å². The number of rotatable bonds is 1. The van der Waals surface area contributed by atoms with E-state index in [2.05, 4.69) is 0 Å². The van der Waals surface area contributed by atoms with Gasteiger partial charge in [0.25, 0.3) is 5.91 Å². The zero-order chi connectivity index (χ0) is 9.46. The number of imide groups is 1. The Morgan fingerprint density at radius 3 is 2.08 bits per heavy atom. The van der Waals surface area contributed by atoms with E-state index >= 15 is 0 Å². The first-order valence-corrected chi connectivity index (χ1v) is 4.20. The van der Waals surface area contributed by atoms with Crippen LogP contribution >= 0.6 is 23.4 Å². The molecule has 0 aromatic rings. The van der Waals surface area contributed by atoms with Gasteiger partial charge in [-0.2, -0.15) is 4.42 Å². The van der Waals surface area contributed by atoms with Gasteiger partial charge in [-0.25, -0.2) is 4.79 Å². The van der Waals surface area contributed by atoms with Gasteiger partial charge in [-0.15, -0.1) is 0 Å². The Balaban J connectivity index is 2.91. The van der Waals surface area contributed by atoms with Crippen molar-refractivity contribution < 1.29 is 9.59 Å². The molecule has 1 rings (SSSR count). The summed E-state index contributed by atoms with van der Waals surface area (Å²) in [6.07, 6.45) is 0. The van der Waals surface area contributed by atoms with Crippen LogP contribution in [0.4, 0.5) is 4.79 Å². The SMILES string of the molecule is CC(C)N1C(=O)N(Cl)C(=O)C1Cl. The van der Waals surface area contributed by atoms with E-state index in [1.54, 1.807) is 13.8 Å². The van der Waals surface area contributed by atoms with Crippen molar-refractivity contribution in [2.45, 2.75) is 25.4 Å². The summed E-state index contributed by atoms with van der Waals surface area (Å²) in [6.45, 7) is 3.52. The molecule has 1 heterocycles. The maximum atomic E-state index is 11.2. The van der Waals surface area contributed by atoms with Crippen LogP contribution < -0.4 is 0 Å². The molecule has 0 radical (unpaired) electrons. The van der Waals surface area contributed by atoms with Crippen molar-refractivity contribution in [2.24, 2.45) is 0 Å².